The van der Waals surface area contributed by atoms with Gasteiger partial charge in [-0.3, -0.25) is 52.7 Å². The molecule has 8 atom stereocenters. The highest BCUT2D eigenvalue weighted by Gasteiger charge is 2.40. The molecule has 1 unspecified atom stereocenters. The lowest BCUT2D eigenvalue weighted by molar-refractivity contribution is -0.142. The number of phenolic OH excluding ortho intramolecular Hbond substituents is 1. The van der Waals surface area contributed by atoms with Gasteiger partial charge in [0.05, 0.1) is 26.1 Å². The van der Waals surface area contributed by atoms with Crippen molar-refractivity contribution in [2.45, 2.75) is 114 Å². The van der Waals surface area contributed by atoms with Gasteiger partial charge in [0.25, 0.3) is 0 Å². The van der Waals surface area contributed by atoms with Crippen LogP contribution in [0.2, 0.25) is 0 Å². The van der Waals surface area contributed by atoms with Crippen LogP contribution in [0, 0.1) is 5.92 Å². The van der Waals surface area contributed by atoms with Crippen molar-refractivity contribution in [3.8, 4) is 5.75 Å². The zero-order valence-corrected chi connectivity index (χ0v) is 36.2. The smallest absolute Gasteiger partial charge is 0.245 e. The quantitative estimate of drug-likeness (QED) is 0.0729. The van der Waals surface area contributed by atoms with Crippen LogP contribution < -0.4 is 59.7 Å². The summed E-state index contributed by atoms with van der Waals surface area (Å²) in [5.74, 6) is -10.4. The molecule has 0 aliphatic carbocycles. The molecule has 0 spiro atoms. The Kier molecular flexibility index (Phi) is 20.5. The molecule has 1 aromatic rings. The van der Waals surface area contributed by atoms with Crippen LogP contribution in [-0.4, -0.2) is 149 Å². The first-order valence-electron chi connectivity index (χ1n) is 21.1. The molecule has 0 aromatic heterocycles. The number of hydrogen-bond acceptors (Lipinski definition) is 14. The zero-order chi connectivity index (χ0) is 48.4. The number of nitrogens with one attached hydrogen (secondary N) is 8. The lowest BCUT2D eigenvalue weighted by Crippen LogP contribution is -2.61. The van der Waals surface area contributed by atoms with Crippen LogP contribution in [0.4, 0.5) is 0 Å². The minimum atomic E-state index is -1.79. The molecule has 0 saturated carbocycles. The second kappa shape index (κ2) is 25.4. The minimum absolute atomic E-state index is 0.00408. The number of carbonyl (C=O) groups is 11. The van der Waals surface area contributed by atoms with Gasteiger partial charge in [0.1, 0.15) is 48.2 Å². The molecule has 1 aromatic carbocycles. The molecule has 0 radical (unpaired) electrons. The van der Waals surface area contributed by atoms with Crippen molar-refractivity contribution >= 4 is 65.0 Å². The maximum absolute atomic E-state index is 14.2. The average molecular weight is 917 g/mol. The monoisotopic (exact) mass is 916 g/mol. The van der Waals surface area contributed by atoms with Crippen molar-refractivity contribution in [1.29, 1.82) is 0 Å². The first-order valence-corrected chi connectivity index (χ1v) is 21.1. The van der Waals surface area contributed by atoms with Gasteiger partial charge in [-0.25, -0.2) is 0 Å². The second-order valence-electron chi connectivity index (χ2n) is 15.8. The lowest BCUT2D eigenvalue weighted by Gasteiger charge is -2.30. The van der Waals surface area contributed by atoms with Gasteiger partial charge >= 0.3 is 0 Å². The maximum Gasteiger partial charge on any atom is 0.245 e. The number of aliphatic hydroxyl groups excluding tert-OH is 1. The van der Waals surface area contributed by atoms with Crippen LogP contribution in [0.5, 0.6) is 5.75 Å². The molecule has 65 heavy (non-hydrogen) atoms. The fraction of sp³-hybridized carbons (Fsp3) is 0.575. The molecular weight excluding hydrogens is 857 g/mol. The molecule has 3 rings (SSSR count). The molecule has 16 N–H and O–H groups in total. The van der Waals surface area contributed by atoms with Crippen molar-refractivity contribution in [2.75, 3.05) is 26.2 Å². The summed E-state index contributed by atoms with van der Waals surface area (Å²) in [6.45, 7) is 1.65. The summed E-state index contributed by atoms with van der Waals surface area (Å²) >= 11 is 0. The summed E-state index contributed by atoms with van der Waals surface area (Å²) in [4.78, 5) is 146. The first kappa shape index (κ1) is 52.5. The van der Waals surface area contributed by atoms with Gasteiger partial charge in [-0.1, -0.05) is 32.4 Å². The Morgan fingerprint density at radius 1 is 0.800 bits per heavy atom. The summed E-state index contributed by atoms with van der Waals surface area (Å²) in [6.07, 6.45) is -3.19. The highest BCUT2D eigenvalue weighted by atomic mass is 16.3. The molecule has 0 bridgehead atoms. The Hall–Kier alpha value is -6.89. The number of hydrogen-bond donors (Lipinski definition) is 13. The second-order valence-corrected chi connectivity index (χ2v) is 15.8. The van der Waals surface area contributed by atoms with Gasteiger partial charge in [-0.05, 0) is 55.7 Å². The third-order valence-corrected chi connectivity index (χ3v) is 10.7. The van der Waals surface area contributed by atoms with Gasteiger partial charge in [-0.15, -0.1) is 0 Å². The summed E-state index contributed by atoms with van der Waals surface area (Å²) in [7, 11) is 0. The molecule has 2 saturated heterocycles. The number of aromatic hydroxyl groups is 1. The van der Waals surface area contributed by atoms with E-state index in [0.717, 1.165) is 4.90 Å². The third-order valence-electron chi connectivity index (χ3n) is 10.7. The number of carbonyl (C=O) groups excluding carboxylic acids is 11. The summed E-state index contributed by atoms with van der Waals surface area (Å²) in [6, 6.07) is -3.03. The van der Waals surface area contributed by atoms with Crippen LogP contribution in [-0.2, 0) is 59.2 Å². The van der Waals surface area contributed by atoms with E-state index in [-0.39, 0.29) is 38.0 Å². The van der Waals surface area contributed by atoms with E-state index in [0.29, 0.717) is 18.4 Å². The standard InChI is InChI=1S/C40H60N12O13/c1-3-20(2)34-39(64)48-23(10-12-28(41)54)35(60)50-26(16-29(42)55)36(61)49-24(40(65)52-14-4-5-27(52)38(63)46-18-32(58)44-17-30(43)56)11-13-31(57)45-19-33(59)47-25(37(62)51-34)15-21-6-8-22(53)9-7-21/h6-9,20,23-28,34,53-54H,3-5,10-19,41H2,1-2H3,(H2,42,55)(H2,43,56)(H,44,58)(H,45,57)(H,46,63)(H,47,59)(H,48,64)(H,49,61)(H,50,60)(H,51,62)/t20-,23-,24-,25-,26-,27-,28?,34-/m0/s1. The topological polar surface area (TPSA) is 406 Å². The Morgan fingerprint density at radius 3 is 2.08 bits per heavy atom. The maximum atomic E-state index is 14.2. The van der Waals surface area contributed by atoms with Crippen molar-refractivity contribution in [3.63, 3.8) is 0 Å². The zero-order valence-electron chi connectivity index (χ0n) is 36.2. The van der Waals surface area contributed by atoms with E-state index in [1.54, 1.807) is 13.8 Å². The van der Waals surface area contributed by atoms with Crippen LogP contribution in [0.1, 0.15) is 70.8 Å². The van der Waals surface area contributed by atoms with Crippen molar-refractivity contribution < 1.29 is 63.0 Å². The molecule has 358 valence electrons. The Morgan fingerprint density at radius 2 is 1.45 bits per heavy atom. The molecule has 25 nitrogen and oxygen atoms in total. The lowest BCUT2D eigenvalue weighted by atomic mass is 9.96. The largest absolute Gasteiger partial charge is 0.508 e. The highest BCUT2D eigenvalue weighted by molar-refractivity contribution is 5.99. The Bertz CT molecular complexity index is 1930. The highest BCUT2D eigenvalue weighted by Crippen LogP contribution is 2.20. The van der Waals surface area contributed by atoms with Crippen molar-refractivity contribution in [1.82, 2.24) is 47.4 Å². The number of likely N-dealkylation sites (tertiary alicyclic amines) is 1. The van der Waals surface area contributed by atoms with Crippen molar-refractivity contribution in [2.24, 2.45) is 23.1 Å². The average Bonchev–Trinajstić information content (AvgIpc) is 3.75. The van der Waals surface area contributed by atoms with Crippen LogP contribution >= 0.6 is 0 Å². The Labute approximate surface area is 373 Å². The van der Waals surface area contributed by atoms with E-state index in [1.807, 2.05) is 0 Å². The van der Waals surface area contributed by atoms with Crippen molar-refractivity contribution in [3.05, 3.63) is 29.8 Å². The molecule has 2 fully saturated rings. The first-order chi connectivity index (χ1) is 30.7. The number of phenols is 1. The number of benzene rings is 1. The fourth-order valence-electron chi connectivity index (χ4n) is 6.94. The van der Waals surface area contributed by atoms with E-state index in [9.17, 15) is 63.0 Å². The number of primary amides is 2. The summed E-state index contributed by atoms with van der Waals surface area (Å²) < 4.78 is 0. The van der Waals surface area contributed by atoms with Gasteiger partial charge in [0.15, 0.2) is 0 Å². The van der Waals surface area contributed by atoms with Crippen LogP contribution in [0.3, 0.4) is 0 Å². The van der Waals surface area contributed by atoms with Crippen LogP contribution in [0.25, 0.3) is 0 Å². The van der Waals surface area contributed by atoms with E-state index in [1.165, 1.54) is 24.3 Å². The van der Waals surface area contributed by atoms with E-state index < -0.39 is 152 Å². The predicted molar refractivity (Wildman–Crippen MR) is 226 cm³/mol. The van der Waals surface area contributed by atoms with E-state index in [4.69, 9.17) is 17.2 Å². The SMILES string of the molecule is CC[C@H](C)[C@@H]1NC(=O)[C@H](Cc2ccc(O)cc2)NC(=O)CNC(=O)CC[C@@H](C(=O)N2CCC[C@H]2C(=O)NCC(=O)NCC(N)=O)NC(=O)[C@H](CC(N)=O)NC(=O)[C@H](CCC(N)O)NC1=O. The number of amides is 11. The predicted octanol–water partition coefficient (Wildman–Crippen LogP) is -6.04. The van der Waals surface area contributed by atoms with E-state index >= 15 is 0 Å². The minimum Gasteiger partial charge on any atom is -0.508 e. The van der Waals surface area contributed by atoms with Gasteiger partial charge in [0, 0.05) is 19.4 Å². The summed E-state index contributed by atoms with van der Waals surface area (Å²) in [5, 5.41) is 39.2. The molecule has 2 heterocycles. The Balaban J connectivity index is 2.02. The third kappa shape index (κ3) is 17.3. The molecule has 2 aliphatic heterocycles. The van der Waals surface area contributed by atoms with Gasteiger partial charge in [0.2, 0.25) is 65.0 Å². The fourth-order valence-corrected chi connectivity index (χ4v) is 6.94. The number of nitrogens with two attached hydrogens (primary N) is 3. The number of nitrogens with zero attached hydrogens (tertiary/aromatic N) is 1. The molecule has 25 heteroatoms. The van der Waals surface area contributed by atoms with Gasteiger partial charge in [-0.2, -0.15) is 0 Å². The normalized spacial score (nSPS) is 23.8. The summed E-state index contributed by atoms with van der Waals surface area (Å²) in [5.41, 5.74) is 16.5. The molecule has 2 aliphatic rings. The molecule has 11 amide bonds. The van der Waals surface area contributed by atoms with Gasteiger partial charge < -0.3 is 74.8 Å². The number of aliphatic hydroxyl groups is 1. The van der Waals surface area contributed by atoms with Crippen LogP contribution in [0.15, 0.2) is 24.3 Å². The number of rotatable bonds is 15. The van der Waals surface area contributed by atoms with E-state index in [2.05, 4.69) is 42.5 Å². The molecular formula is C40H60N12O13.